The Balaban J connectivity index is 2.72. The molecule has 0 saturated carbocycles. The number of benzene rings is 1. The van der Waals surface area contributed by atoms with Crippen molar-refractivity contribution in [2.45, 2.75) is 19.8 Å². The van der Waals surface area contributed by atoms with Crippen molar-refractivity contribution in [3.63, 3.8) is 0 Å². The van der Waals surface area contributed by atoms with Crippen LogP contribution in [0, 0.1) is 5.82 Å². The number of hydrogen-bond donors (Lipinski definition) is 1. The molecule has 1 aromatic carbocycles. The molecule has 0 aromatic heterocycles. The molecule has 21 heavy (non-hydrogen) atoms. The maximum absolute atomic E-state index is 13.1. The van der Waals surface area contributed by atoms with Crippen molar-refractivity contribution in [1.82, 2.24) is 0 Å². The van der Waals surface area contributed by atoms with E-state index in [2.05, 4.69) is 9.46 Å². The molecule has 1 N–H and O–H groups in total. The molecule has 0 aliphatic carbocycles. The summed E-state index contributed by atoms with van der Waals surface area (Å²) in [5, 5.41) is 0. The third kappa shape index (κ3) is 5.99. The minimum absolute atomic E-state index is 0.0130. The van der Waals surface area contributed by atoms with Crippen LogP contribution in [0.4, 0.5) is 10.1 Å². The van der Waals surface area contributed by atoms with Crippen LogP contribution in [0.5, 0.6) is 5.75 Å². The number of anilines is 1. The lowest BCUT2D eigenvalue weighted by atomic mass is 10.3. The van der Waals surface area contributed by atoms with Gasteiger partial charge in [-0.05, 0) is 25.5 Å². The van der Waals surface area contributed by atoms with E-state index in [1.54, 1.807) is 6.92 Å². The number of sulfonamides is 1. The van der Waals surface area contributed by atoms with E-state index in [1.165, 1.54) is 13.2 Å². The number of ether oxygens (including phenoxy) is 2. The highest BCUT2D eigenvalue weighted by Gasteiger charge is 2.15. The second-order valence-corrected chi connectivity index (χ2v) is 6.02. The SMILES string of the molecule is CCOc1cc(F)ccc1NS(=O)(=O)CCCC(=O)OC. The third-order valence-corrected chi connectivity index (χ3v) is 3.89. The van der Waals surface area contributed by atoms with E-state index in [4.69, 9.17) is 4.74 Å². The van der Waals surface area contributed by atoms with Crippen LogP contribution in [-0.2, 0) is 19.6 Å². The summed E-state index contributed by atoms with van der Waals surface area (Å²) in [6.07, 6.45) is 0.145. The Hall–Kier alpha value is -1.83. The van der Waals surface area contributed by atoms with E-state index < -0.39 is 21.8 Å². The van der Waals surface area contributed by atoms with Gasteiger partial charge in [-0.25, -0.2) is 12.8 Å². The largest absolute Gasteiger partial charge is 0.492 e. The number of carbonyl (C=O) groups is 1. The van der Waals surface area contributed by atoms with E-state index in [1.807, 2.05) is 0 Å². The van der Waals surface area contributed by atoms with Crippen LogP contribution in [0.25, 0.3) is 0 Å². The number of halogens is 1. The normalized spacial score (nSPS) is 11.0. The lowest BCUT2D eigenvalue weighted by Gasteiger charge is -2.12. The predicted molar refractivity (Wildman–Crippen MR) is 76.2 cm³/mol. The molecule has 0 bridgehead atoms. The maximum Gasteiger partial charge on any atom is 0.305 e. The van der Waals surface area contributed by atoms with E-state index >= 15 is 0 Å². The summed E-state index contributed by atoms with van der Waals surface area (Å²) < 4.78 is 48.9. The van der Waals surface area contributed by atoms with Gasteiger partial charge in [0.2, 0.25) is 10.0 Å². The molecular weight excluding hydrogens is 301 g/mol. The molecule has 0 saturated heterocycles. The van der Waals surface area contributed by atoms with Gasteiger partial charge >= 0.3 is 5.97 Å². The molecule has 0 heterocycles. The molecule has 0 amide bonds. The van der Waals surface area contributed by atoms with E-state index in [0.717, 1.165) is 12.1 Å². The third-order valence-electron chi connectivity index (χ3n) is 2.53. The first kappa shape index (κ1) is 17.2. The van der Waals surface area contributed by atoms with E-state index in [-0.39, 0.29) is 36.6 Å². The monoisotopic (exact) mass is 319 g/mol. The highest BCUT2D eigenvalue weighted by Crippen LogP contribution is 2.26. The Bertz CT molecular complexity index is 588. The summed E-state index contributed by atoms with van der Waals surface area (Å²) in [6.45, 7) is 1.99. The molecule has 1 aromatic rings. The molecule has 1 rings (SSSR count). The van der Waals surface area contributed by atoms with Crippen molar-refractivity contribution >= 4 is 21.7 Å². The Labute approximate surface area is 123 Å². The summed E-state index contributed by atoms with van der Waals surface area (Å²) in [4.78, 5) is 10.9. The molecule has 0 aliphatic heterocycles. The fourth-order valence-electron chi connectivity index (χ4n) is 1.58. The van der Waals surface area contributed by atoms with Crippen molar-refractivity contribution in [2.75, 3.05) is 24.2 Å². The first-order valence-electron chi connectivity index (χ1n) is 6.37. The summed E-state index contributed by atoms with van der Waals surface area (Å²) in [6, 6.07) is 3.53. The van der Waals surface area contributed by atoms with Gasteiger partial charge in [-0.3, -0.25) is 9.52 Å². The van der Waals surface area contributed by atoms with Crippen molar-refractivity contribution in [1.29, 1.82) is 0 Å². The molecule has 6 nitrogen and oxygen atoms in total. The van der Waals surface area contributed by atoms with Crippen LogP contribution in [0.15, 0.2) is 18.2 Å². The molecule has 0 atom stereocenters. The fourth-order valence-corrected chi connectivity index (χ4v) is 2.71. The molecule has 0 spiro atoms. The smallest absolute Gasteiger partial charge is 0.305 e. The van der Waals surface area contributed by atoms with Crippen molar-refractivity contribution in [3.05, 3.63) is 24.0 Å². The second kappa shape index (κ2) is 7.82. The highest BCUT2D eigenvalue weighted by atomic mass is 32.2. The predicted octanol–water partition coefficient (Wildman–Crippen LogP) is 1.92. The second-order valence-electron chi connectivity index (χ2n) is 4.17. The van der Waals surface area contributed by atoms with Crippen molar-refractivity contribution in [2.24, 2.45) is 0 Å². The average Bonchev–Trinajstić information content (AvgIpc) is 2.41. The van der Waals surface area contributed by atoms with Gasteiger partial charge in [0.15, 0.2) is 0 Å². The van der Waals surface area contributed by atoms with E-state index in [9.17, 15) is 17.6 Å². The van der Waals surface area contributed by atoms with Crippen LogP contribution in [-0.4, -0.2) is 33.9 Å². The lowest BCUT2D eigenvalue weighted by molar-refractivity contribution is -0.140. The number of nitrogens with one attached hydrogen (secondary N) is 1. The standard InChI is InChI=1S/C13H18FNO5S/c1-3-20-12-9-10(14)6-7-11(12)15-21(17,18)8-4-5-13(16)19-2/h6-7,9,15H,3-5,8H2,1-2H3. The summed E-state index contributed by atoms with van der Waals surface area (Å²) in [7, 11) is -2.41. The summed E-state index contributed by atoms with van der Waals surface area (Å²) in [5.74, 6) is -1.12. The van der Waals surface area contributed by atoms with Gasteiger partial charge in [0.1, 0.15) is 11.6 Å². The van der Waals surface area contributed by atoms with E-state index in [0.29, 0.717) is 0 Å². The lowest BCUT2D eigenvalue weighted by Crippen LogP contribution is -2.18. The van der Waals surface area contributed by atoms with Crippen LogP contribution < -0.4 is 9.46 Å². The summed E-state index contributed by atoms with van der Waals surface area (Å²) in [5.41, 5.74) is 0.163. The van der Waals surface area contributed by atoms with Crippen LogP contribution >= 0.6 is 0 Å². The number of carbonyl (C=O) groups excluding carboxylic acids is 1. The zero-order chi connectivity index (χ0) is 15.9. The molecule has 8 heteroatoms. The van der Waals surface area contributed by atoms with Gasteiger partial charge in [-0.2, -0.15) is 0 Å². The first-order chi connectivity index (χ1) is 9.88. The fraction of sp³-hybridized carbons (Fsp3) is 0.462. The molecule has 0 radical (unpaired) electrons. The minimum Gasteiger partial charge on any atom is -0.492 e. The average molecular weight is 319 g/mol. The van der Waals surface area contributed by atoms with Gasteiger partial charge in [-0.15, -0.1) is 0 Å². The van der Waals surface area contributed by atoms with Crippen molar-refractivity contribution in [3.8, 4) is 5.75 Å². The Kier molecular flexibility index (Phi) is 6.41. The molecule has 0 unspecified atom stereocenters. The Morgan fingerprint density at radius 1 is 1.38 bits per heavy atom. The number of hydrogen-bond acceptors (Lipinski definition) is 5. The zero-order valence-corrected chi connectivity index (χ0v) is 12.7. The van der Waals surface area contributed by atoms with Gasteiger partial charge in [0.05, 0.1) is 25.2 Å². The molecule has 0 aliphatic rings. The van der Waals surface area contributed by atoms with Gasteiger partial charge < -0.3 is 9.47 Å². The van der Waals surface area contributed by atoms with Gasteiger partial charge in [0, 0.05) is 12.5 Å². The topological polar surface area (TPSA) is 81.7 Å². The molecular formula is C13H18FNO5S. The van der Waals surface area contributed by atoms with Gasteiger partial charge in [0.25, 0.3) is 0 Å². The molecule has 118 valence electrons. The van der Waals surface area contributed by atoms with Crippen LogP contribution in [0.3, 0.4) is 0 Å². The highest BCUT2D eigenvalue weighted by molar-refractivity contribution is 7.92. The number of methoxy groups -OCH3 is 1. The first-order valence-corrected chi connectivity index (χ1v) is 8.03. The Morgan fingerprint density at radius 3 is 2.71 bits per heavy atom. The quantitative estimate of drug-likeness (QED) is 0.740. The zero-order valence-electron chi connectivity index (χ0n) is 11.9. The minimum atomic E-state index is -3.65. The number of esters is 1. The Morgan fingerprint density at radius 2 is 2.10 bits per heavy atom. The molecule has 0 fully saturated rings. The van der Waals surface area contributed by atoms with Crippen LogP contribution in [0.1, 0.15) is 19.8 Å². The van der Waals surface area contributed by atoms with Gasteiger partial charge in [-0.1, -0.05) is 0 Å². The summed E-state index contributed by atoms with van der Waals surface area (Å²) >= 11 is 0. The van der Waals surface area contributed by atoms with Crippen LogP contribution in [0.2, 0.25) is 0 Å². The van der Waals surface area contributed by atoms with Crippen molar-refractivity contribution < 1.29 is 27.1 Å². The maximum atomic E-state index is 13.1. The number of rotatable bonds is 8.